The summed E-state index contributed by atoms with van der Waals surface area (Å²) in [5, 5.41) is 2.94. The third-order valence-corrected chi connectivity index (χ3v) is 7.81. The zero-order chi connectivity index (χ0) is 25.3. The standard InChI is InChI=1S/C28H33N3O5/c1-35-22-16-20-12-15-30(25(19-10-6-5-7-11-19)21(20)17-23(22)36-2)24(32)18-31-26(33)28(29-27(31)34)13-8-3-4-9-14-28/h5-7,10-11,16-17,25H,3-4,8-9,12-15,18H2,1-2H3,(H,29,34)/t25-/m1/s1. The van der Waals surface area contributed by atoms with Crippen LogP contribution < -0.4 is 14.8 Å². The number of carbonyl (C=O) groups excluding carboxylic acids is 3. The number of hydrogen-bond acceptors (Lipinski definition) is 5. The van der Waals surface area contributed by atoms with Gasteiger partial charge in [-0.2, -0.15) is 0 Å². The van der Waals surface area contributed by atoms with Crippen LogP contribution in [0.25, 0.3) is 0 Å². The molecule has 8 heteroatoms. The molecule has 2 aromatic carbocycles. The minimum atomic E-state index is -0.856. The van der Waals surface area contributed by atoms with E-state index in [2.05, 4.69) is 5.32 Å². The number of nitrogens with one attached hydrogen (secondary N) is 1. The molecular formula is C28H33N3O5. The van der Waals surface area contributed by atoms with Crippen LogP contribution in [0.1, 0.15) is 61.3 Å². The summed E-state index contributed by atoms with van der Waals surface area (Å²) < 4.78 is 11.1. The van der Waals surface area contributed by atoms with Crippen LogP contribution >= 0.6 is 0 Å². The Bertz CT molecular complexity index is 1160. The lowest BCUT2D eigenvalue weighted by Gasteiger charge is -2.38. The normalized spacial score (nSPS) is 21.1. The number of benzene rings is 2. The highest BCUT2D eigenvalue weighted by Gasteiger charge is 2.51. The number of urea groups is 1. The van der Waals surface area contributed by atoms with Gasteiger partial charge in [-0.05, 0) is 48.1 Å². The number of rotatable bonds is 5. The van der Waals surface area contributed by atoms with Gasteiger partial charge in [0.2, 0.25) is 5.91 Å². The predicted molar refractivity (Wildman–Crippen MR) is 134 cm³/mol. The lowest BCUT2D eigenvalue weighted by molar-refractivity contribution is -0.140. The van der Waals surface area contributed by atoms with E-state index in [-0.39, 0.29) is 24.4 Å². The summed E-state index contributed by atoms with van der Waals surface area (Å²) in [6.07, 6.45) is 5.82. The fourth-order valence-electron chi connectivity index (χ4n) is 5.93. The van der Waals surface area contributed by atoms with Crippen molar-refractivity contribution in [2.24, 2.45) is 0 Å². The van der Waals surface area contributed by atoms with Crippen LogP contribution in [0.2, 0.25) is 0 Å². The maximum absolute atomic E-state index is 13.8. The summed E-state index contributed by atoms with van der Waals surface area (Å²) in [5.74, 6) is 0.730. The van der Waals surface area contributed by atoms with Gasteiger partial charge < -0.3 is 19.7 Å². The number of carbonyl (C=O) groups is 3. The van der Waals surface area contributed by atoms with Crippen molar-refractivity contribution in [3.8, 4) is 11.5 Å². The van der Waals surface area contributed by atoms with Gasteiger partial charge in [-0.15, -0.1) is 0 Å². The van der Waals surface area contributed by atoms with Gasteiger partial charge in [0, 0.05) is 6.54 Å². The molecule has 2 aromatic rings. The third kappa shape index (κ3) is 4.18. The van der Waals surface area contributed by atoms with E-state index >= 15 is 0 Å². The van der Waals surface area contributed by atoms with Crippen LogP contribution in [0.5, 0.6) is 11.5 Å². The van der Waals surface area contributed by atoms with Gasteiger partial charge in [0.25, 0.3) is 5.91 Å². The van der Waals surface area contributed by atoms with E-state index in [1.165, 1.54) is 0 Å². The number of hydrogen-bond donors (Lipinski definition) is 1. The summed E-state index contributed by atoms with van der Waals surface area (Å²) in [7, 11) is 3.20. The van der Waals surface area contributed by atoms with Crippen LogP contribution in [0.4, 0.5) is 4.79 Å². The first-order valence-electron chi connectivity index (χ1n) is 12.7. The molecule has 1 aliphatic carbocycles. The molecule has 36 heavy (non-hydrogen) atoms. The molecule has 0 aromatic heterocycles. The molecule has 0 unspecified atom stereocenters. The van der Waals surface area contributed by atoms with Gasteiger partial charge in [-0.1, -0.05) is 56.0 Å². The van der Waals surface area contributed by atoms with Crippen molar-refractivity contribution in [2.45, 2.75) is 56.5 Å². The molecule has 2 fully saturated rings. The van der Waals surface area contributed by atoms with Gasteiger partial charge in [0.1, 0.15) is 12.1 Å². The first-order valence-corrected chi connectivity index (χ1v) is 12.7. The van der Waals surface area contributed by atoms with Gasteiger partial charge in [0.15, 0.2) is 11.5 Å². The van der Waals surface area contributed by atoms with Crippen molar-refractivity contribution in [3.63, 3.8) is 0 Å². The first-order chi connectivity index (χ1) is 17.5. The van der Waals surface area contributed by atoms with Crippen LogP contribution in [0.15, 0.2) is 42.5 Å². The van der Waals surface area contributed by atoms with Gasteiger partial charge in [0.05, 0.1) is 20.3 Å². The zero-order valence-corrected chi connectivity index (χ0v) is 20.9. The Morgan fingerprint density at radius 3 is 2.33 bits per heavy atom. The molecule has 0 bridgehead atoms. The topological polar surface area (TPSA) is 88.2 Å². The van der Waals surface area contributed by atoms with E-state index in [0.717, 1.165) is 47.3 Å². The maximum Gasteiger partial charge on any atom is 0.325 e. The van der Waals surface area contributed by atoms with Gasteiger partial charge >= 0.3 is 6.03 Å². The smallest absolute Gasteiger partial charge is 0.325 e. The van der Waals surface area contributed by atoms with E-state index in [9.17, 15) is 14.4 Å². The highest BCUT2D eigenvalue weighted by atomic mass is 16.5. The highest BCUT2D eigenvalue weighted by Crippen LogP contribution is 2.41. The molecule has 3 aliphatic rings. The maximum atomic E-state index is 13.8. The van der Waals surface area contributed by atoms with E-state index in [1.54, 1.807) is 19.1 Å². The van der Waals surface area contributed by atoms with Crippen molar-refractivity contribution in [1.29, 1.82) is 0 Å². The van der Waals surface area contributed by atoms with E-state index in [0.29, 0.717) is 37.3 Å². The number of imide groups is 1. The molecule has 1 saturated heterocycles. The van der Waals surface area contributed by atoms with Crippen molar-refractivity contribution in [3.05, 3.63) is 59.2 Å². The molecule has 0 radical (unpaired) electrons. The van der Waals surface area contributed by atoms with Crippen molar-refractivity contribution < 1.29 is 23.9 Å². The Hall–Kier alpha value is -3.55. The van der Waals surface area contributed by atoms with E-state index in [4.69, 9.17) is 9.47 Å². The molecule has 2 aliphatic heterocycles. The summed E-state index contributed by atoms with van der Waals surface area (Å²) in [6.45, 7) is 0.202. The molecule has 8 nitrogen and oxygen atoms in total. The minimum absolute atomic E-state index is 0.251. The lowest BCUT2D eigenvalue weighted by atomic mass is 9.87. The Morgan fingerprint density at radius 2 is 1.67 bits per heavy atom. The van der Waals surface area contributed by atoms with Crippen molar-refractivity contribution >= 4 is 17.8 Å². The summed E-state index contributed by atoms with van der Waals surface area (Å²) in [6, 6.07) is 12.9. The van der Waals surface area contributed by atoms with Crippen molar-refractivity contribution in [1.82, 2.24) is 15.1 Å². The minimum Gasteiger partial charge on any atom is -0.493 e. The molecular weight excluding hydrogens is 458 g/mol. The van der Waals surface area contributed by atoms with Crippen LogP contribution in [0.3, 0.4) is 0 Å². The van der Waals surface area contributed by atoms with Crippen molar-refractivity contribution in [2.75, 3.05) is 27.3 Å². The second kappa shape index (κ2) is 9.84. The lowest BCUT2D eigenvalue weighted by Crippen LogP contribution is -2.49. The number of nitrogens with zero attached hydrogens (tertiary/aromatic N) is 2. The van der Waals surface area contributed by atoms with Crippen LogP contribution in [-0.2, 0) is 16.0 Å². The second-order valence-corrected chi connectivity index (χ2v) is 9.87. The van der Waals surface area contributed by atoms with Crippen LogP contribution in [0, 0.1) is 0 Å². The average molecular weight is 492 g/mol. The Kier molecular flexibility index (Phi) is 6.60. The molecule has 4 amide bonds. The number of amides is 4. The third-order valence-electron chi connectivity index (χ3n) is 7.81. The first kappa shape index (κ1) is 24.2. The molecule has 2 heterocycles. The summed E-state index contributed by atoms with van der Waals surface area (Å²) in [5.41, 5.74) is 2.13. The number of methoxy groups -OCH3 is 2. The number of ether oxygens (including phenoxy) is 2. The van der Waals surface area contributed by atoms with E-state index < -0.39 is 11.6 Å². The number of fused-ring (bicyclic) bond motifs is 1. The molecule has 5 rings (SSSR count). The quantitative estimate of drug-likeness (QED) is 0.643. The molecule has 190 valence electrons. The Balaban J connectivity index is 1.46. The monoisotopic (exact) mass is 491 g/mol. The van der Waals surface area contributed by atoms with Crippen LogP contribution in [-0.4, -0.2) is 60.5 Å². The molecule has 1 N–H and O–H groups in total. The average Bonchev–Trinajstić information content (AvgIpc) is 3.05. The Morgan fingerprint density at radius 1 is 1.00 bits per heavy atom. The SMILES string of the molecule is COc1cc2c(cc1OC)[C@@H](c1ccccc1)N(C(=O)CN1C(=O)NC3(CCCCCC3)C1=O)CC2. The fourth-order valence-corrected chi connectivity index (χ4v) is 5.93. The summed E-state index contributed by atoms with van der Waals surface area (Å²) in [4.78, 5) is 43.0. The second-order valence-electron chi connectivity index (χ2n) is 9.87. The predicted octanol–water partition coefficient (Wildman–Crippen LogP) is 3.82. The Labute approximate surface area is 211 Å². The molecule has 1 saturated carbocycles. The van der Waals surface area contributed by atoms with E-state index in [1.807, 2.05) is 42.5 Å². The summed E-state index contributed by atoms with van der Waals surface area (Å²) >= 11 is 0. The van der Waals surface area contributed by atoms with Gasteiger partial charge in [-0.3, -0.25) is 14.5 Å². The highest BCUT2D eigenvalue weighted by molar-refractivity contribution is 6.09. The molecule has 1 spiro atoms. The van der Waals surface area contributed by atoms with Gasteiger partial charge in [-0.25, -0.2) is 4.79 Å². The fraction of sp³-hybridized carbons (Fsp3) is 0.464. The zero-order valence-electron chi connectivity index (χ0n) is 20.9. The largest absolute Gasteiger partial charge is 0.493 e. The molecule has 1 atom stereocenters.